The summed E-state index contributed by atoms with van der Waals surface area (Å²) >= 11 is 13.2. The quantitative estimate of drug-likeness (QED) is 0.516. The van der Waals surface area contributed by atoms with Gasteiger partial charge in [-0.15, -0.1) is 0 Å². The molecule has 0 saturated carbocycles. The lowest BCUT2D eigenvalue weighted by molar-refractivity contribution is 0.405. The molecule has 1 nitrogen and oxygen atoms in total. The summed E-state index contributed by atoms with van der Waals surface area (Å²) in [7, 11) is 1.72. The molecule has 0 aromatic heterocycles. The third-order valence-electron chi connectivity index (χ3n) is 3.38. The van der Waals surface area contributed by atoms with Crippen LogP contribution in [0.15, 0.2) is 46.9 Å². The third kappa shape index (κ3) is 5.01. The van der Waals surface area contributed by atoms with Gasteiger partial charge < -0.3 is 4.74 Å². The van der Waals surface area contributed by atoms with E-state index in [9.17, 15) is 0 Å². The van der Waals surface area contributed by atoms with E-state index < -0.39 is 0 Å². The molecule has 0 spiro atoms. The second-order valence-corrected chi connectivity index (χ2v) is 7.01. The summed E-state index contributed by atoms with van der Waals surface area (Å²) in [6, 6.07) is 14.2. The first-order chi connectivity index (χ1) is 10.1. The molecule has 112 valence electrons. The predicted molar refractivity (Wildman–Crippen MR) is 96.8 cm³/mol. The number of hydrogen-bond acceptors (Lipinski definition) is 1. The molecule has 0 fully saturated rings. The molecule has 0 heterocycles. The van der Waals surface area contributed by atoms with Crippen LogP contribution in [0.5, 0.6) is 5.75 Å². The lowest BCUT2D eigenvalue weighted by Gasteiger charge is -2.17. The van der Waals surface area contributed by atoms with Gasteiger partial charge in [-0.1, -0.05) is 55.6 Å². The van der Waals surface area contributed by atoms with Crippen LogP contribution in [0.1, 0.15) is 11.1 Å². The molecule has 0 N–H and O–H groups in total. The van der Waals surface area contributed by atoms with Crippen molar-refractivity contribution < 1.29 is 4.74 Å². The monoisotopic (exact) mass is 430 g/mol. The molecule has 0 radical (unpaired) electrons. The SMILES string of the molecule is COc1ccc(Br)cc1CC(CBr)Cc1cccc(Cl)c1. The fraction of sp³-hybridized carbons (Fsp3) is 0.294. The predicted octanol–water partition coefficient (Wildman–Crippen LogP) is 5.91. The normalized spacial score (nSPS) is 12.2. The topological polar surface area (TPSA) is 9.23 Å². The van der Waals surface area contributed by atoms with Crippen molar-refractivity contribution in [3.8, 4) is 5.75 Å². The summed E-state index contributed by atoms with van der Waals surface area (Å²) in [6.45, 7) is 0. The van der Waals surface area contributed by atoms with E-state index in [0.717, 1.165) is 33.4 Å². The van der Waals surface area contributed by atoms with Crippen LogP contribution in [0.25, 0.3) is 0 Å². The van der Waals surface area contributed by atoms with Crippen LogP contribution < -0.4 is 4.74 Å². The van der Waals surface area contributed by atoms with Gasteiger partial charge in [0.25, 0.3) is 0 Å². The smallest absolute Gasteiger partial charge is 0.122 e. The van der Waals surface area contributed by atoms with Crippen LogP contribution in [0.3, 0.4) is 0 Å². The Hall–Kier alpha value is -0.510. The minimum Gasteiger partial charge on any atom is -0.496 e. The van der Waals surface area contributed by atoms with Gasteiger partial charge in [-0.25, -0.2) is 0 Å². The van der Waals surface area contributed by atoms with Gasteiger partial charge in [0.05, 0.1) is 7.11 Å². The molecule has 2 rings (SSSR count). The van der Waals surface area contributed by atoms with Gasteiger partial charge in [-0.3, -0.25) is 0 Å². The number of ether oxygens (including phenoxy) is 1. The lowest BCUT2D eigenvalue weighted by atomic mass is 9.94. The van der Waals surface area contributed by atoms with Crippen LogP contribution in [0.2, 0.25) is 5.02 Å². The Labute approximate surface area is 147 Å². The van der Waals surface area contributed by atoms with Crippen LogP contribution in [-0.2, 0) is 12.8 Å². The molecule has 0 saturated heterocycles. The highest BCUT2D eigenvalue weighted by molar-refractivity contribution is 9.10. The molecule has 0 aliphatic carbocycles. The summed E-state index contributed by atoms with van der Waals surface area (Å²) in [6.07, 6.45) is 1.95. The van der Waals surface area contributed by atoms with E-state index in [1.165, 1.54) is 11.1 Å². The van der Waals surface area contributed by atoms with Crippen LogP contribution >= 0.6 is 43.5 Å². The zero-order valence-electron chi connectivity index (χ0n) is 11.8. The van der Waals surface area contributed by atoms with E-state index >= 15 is 0 Å². The average molecular weight is 433 g/mol. The summed E-state index contributed by atoms with van der Waals surface area (Å²) in [4.78, 5) is 0. The zero-order chi connectivity index (χ0) is 15.2. The van der Waals surface area contributed by atoms with Gasteiger partial charge in [-0.2, -0.15) is 0 Å². The summed E-state index contributed by atoms with van der Waals surface area (Å²) in [5.41, 5.74) is 2.49. The van der Waals surface area contributed by atoms with E-state index in [2.05, 4.69) is 44.0 Å². The maximum Gasteiger partial charge on any atom is 0.122 e. The Morgan fingerprint density at radius 1 is 1.14 bits per heavy atom. The minimum atomic E-state index is 0.492. The maximum absolute atomic E-state index is 6.06. The first-order valence-electron chi connectivity index (χ1n) is 6.75. The molecule has 4 heteroatoms. The highest BCUT2D eigenvalue weighted by Crippen LogP contribution is 2.27. The Kier molecular flexibility index (Phi) is 6.59. The maximum atomic E-state index is 6.06. The van der Waals surface area contributed by atoms with E-state index in [0.29, 0.717) is 5.92 Å². The first-order valence-corrected chi connectivity index (χ1v) is 9.04. The number of hydrogen-bond donors (Lipinski definition) is 0. The van der Waals surface area contributed by atoms with E-state index in [1.807, 2.05) is 30.3 Å². The molecule has 2 aromatic carbocycles. The van der Waals surface area contributed by atoms with E-state index in [-0.39, 0.29) is 0 Å². The zero-order valence-corrected chi connectivity index (χ0v) is 15.7. The van der Waals surface area contributed by atoms with Gasteiger partial charge in [0, 0.05) is 14.8 Å². The van der Waals surface area contributed by atoms with Crippen LogP contribution in [0, 0.1) is 5.92 Å². The van der Waals surface area contributed by atoms with Crippen molar-refractivity contribution in [3.63, 3.8) is 0 Å². The number of benzene rings is 2. The number of halogens is 3. The molecule has 0 bridgehead atoms. The molecular weight excluding hydrogens is 415 g/mol. The number of alkyl halides is 1. The van der Waals surface area contributed by atoms with Crippen molar-refractivity contribution in [2.24, 2.45) is 5.92 Å². The Bertz CT molecular complexity index is 601. The largest absolute Gasteiger partial charge is 0.496 e. The van der Waals surface area contributed by atoms with Gasteiger partial charge >= 0.3 is 0 Å². The summed E-state index contributed by atoms with van der Waals surface area (Å²) < 4.78 is 6.54. The molecular formula is C17H17Br2ClO. The molecule has 2 aromatic rings. The highest BCUT2D eigenvalue weighted by Gasteiger charge is 2.13. The molecule has 1 unspecified atom stereocenters. The summed E-state index contributed by atoms with van der Waals surface area (Å²) in [5, 5.41) is 1.73. The molecule has 0 amide bonds. The minimum absolute atomic E-state index is 0.492. The Morgan fingerprint density at radius 2 is 1.95 bits per heavy atom. The van der Waals surface area contributed by atoms with Crippen LogP contribution in [-0.4, -0.2) is 12.4 Å². The highest BCUT2D eigenvalue weighted by atomic mass is 79.9. The van der Waals surface area contributed by atoms with Crippen molar-refractivity contribution in [1.29, 1.82) is 0 Å². The fourth-order valence-electron chi connectivity index (χ4n) is 2.40. The summed E-state index contributed by atoms with van der Waals surface area (Å²) in [5.74, 6) is 1.43. The van der Waals surface area contributed by atoms with E-state index in [1.54, 1.807) is 7.11 Å². The Balaban J connectivity index is 2.14. The first kappa shape index (κ1) is 16.9. The van der Waals surface area contributed by atoms with Crippen molar-refractivity contribution in [1.82, 2.24) is 0 Å². The molecule has 0 aliphatic heterocycles. The van der Waals surface area contributed by atoms with Crippen molar-refractivity contribution in [2.45, 2.75) is 12.8 Å². The second-order valence-electron chi connectivity index (χ2n) is 5.01. The number of methoxy groups -OCH3 is 1. The van der Waals surface area contributed by atoms with Gasteiger partial charge in [0.2, 0.25) is 0 Å². The van der Waals surface area contributed by atoms with Crippen molar-refractivity contribution in [3.05, 3.63) is 63.1 Å². The van der Waals surface area contributed by atoms with Gasteiger partial charge in [0.15, 0.2) is 0 Å². The lowest BCUT2D eigenvalue weighted by Crippen LogP contribution is -2.10. The molecule has 21 heavy (non-hydrogen) atoms. The fourth-order valence-corrected chi connectivity index (χ4v) is 3.48. The number of rotatable bonds is 6. The molecule has 1 atom stereocenters. The van der Waals surface area contributed by atoms with Gasteiger partial charge in [-0.05, 0) is 60.2 Å². The average Bonchev–Trinajstić information content (AvgIpc) is 2.47. The second kappa shape index (κ2) is 8.21. The van der Waals surface area contributed by atoms with E-state index in [4.69, 9.17) is 16.3 Å². The molecule has 0 aliphatic rings. The Morgan fingerprint density at radius 3 is 2.62 bits per heavy atom. The third-order valence-corrected chi connectivity index (χ3v) is 5.03. The van der Waals surface area contributed by atoms with Crippen molar-refractivity contribution in [2.75, 3.05) is 12.4 Å². The van der Waals surface area contributed by atoms with Crippen LogP contribution in [0.4, 0.5) is 0 Å². The van der Waals surface area contributed by atoms with Gasteiger partial charge in [0.1, 0.15) is 5.75 Å². The van der Waals surface area contributed by atoms with Crippen molar-refractivity contribution >= 4 is 43.5 Å². The standard InChI is InChI=1S/C17H17Br2ClO/c1-21-17-6-5-15(19)10-14(17)8-13(11-18)7-12-3-2-4-16(20)9-12/h2-6,9-10,13H,7-8,11H2,1H3.